The summed E-state index contributed by atoms with van der Waals surface area (Å²) in [5.41, 5.74) is 2.23. The Morgan fingerprint density at radius 2 is 2.00 bits per heavy atom. The average molecular weight is 257 g/mol. The lowest BCUT2D eigenvalue weighted by atomic mass is 10.1. The number of piperazine rings is 1. The molecule has 0 unspecified atom stereocenters. The van der Waals surface area contributed by atoms with Crippen LogP contribution in [-0.4, -0.2) is 38.1 Å². The second-order valence-electron chi connectivity index (χ2n) is 5.09. The molecule has 0 N–H and O–H groups in total. The fourth-order valence-corrected chi connectivity index (χ4v) is 2.55. The van der Waals surface area contributed by atoms with E-state index >= 15 is 0 Å². The van der Waals surface area contributed by atoms with Gasteiger partial charge in [0.25, 0.3) is 0 Å². The molecule has 0 spiro atoms. The van der Waals surface area contributed by atoms with Crippen LogP contribution in [0.3, 0.4) is 0 Å². The number of benzene rings is 1. The summed E-state index contributed by atoms with van der Waals surface area (Å²) in [7, 11) is 2.12. The third-order valence-electron chi connectivity index (χ3n) is 3.71. The molecule has 0 amide bonds. The van der Waals surface area contributed by atoms with Crippen LogP contribution in [0.25, 0.3) is 11.0 Å². The van der Waals surface area contributed by atoms with E-state index in [1.54, 1.807) is 6.07 Å². The Bertz CT molecular complexity index is 655. The topological polar surface area (TPSA) is 36.7 Å². The molecule has 1 aromatic heterocycles. The van der Waals surface area contributed by atoms with Crippen molar-refractivity contribution in [1.82, 2.24) is 4.90 Å². The first-order chi connectivity index (χ1) is 9.15. The van der Waals surface area contributed by atoms with Gasteiger partial charge < -0.3 is 14.2 Å². The standard InChI is InChI=1S/C15H17N2O2/c1-11-4-3-5-12-13(10-14(18)19-15(11)12)17-8-6-16(2)7-9-17/h3,5,10H,6-9H2,1-2H3. The Hall–Kier alpha value is -1.81. The van der Waals surface area contributed by atoms with E-state index in [-0.39, 0.29) is 5.63 Å². The summed E-state index contributed by atoms with van der Waals surface area (Å²) < 4.78 is 5.32. The molecule has 19 heavy (non-hydrogen) atoms. The van der Waals surface area contributed by atoms with Crippen LogP contribution in [0.15, 0.2) is 27.4 Å². The number of rotatable bonds is 1. The minimum absolute atomic E-state index is 0.288. The van der Waals surface area contributed by atoms with Crippen LogP contribution in [0.1, 0.15) is 5.56 Å². The molecule has 4 nitrogen and oxygen atoms in total. The van der Waals surface area contributed by atoms with Crippen molar-refractivity contribution in [2.24, 2.45) is 0 Å². The van der Waals surface area contributed by atoms with Crippen LogP contribution in [0, 0.1) is 13.0 Å². The van der Waals surface area contributed by atoms with Crippen LogP contribution in [0.5, 0.6) is 0 Å². The highest BCUT2D eigenvalue weighted by molar-refractivity contribution is 5.91. The molecule has 4 heteroatoms. The van der Waals surface area contributed by atoms with E-state index in [9.17, 15) is 4.79 Å². The van der Waals surface area contributed by atoms with Gasteiger partial charge in [0.05, 0.1) is 5.69 Å². The third kappa shape index (κ3) is 2.24. The fraction of sp³-hybridized carbons (Fsp3) is 0.400. The summed E-state index contributed by atoms with van der Waals surface area (Å²) >= 11 is 0. The number of likely N-dealkylation sites (N-methyl/N-ethyl adjacent to an activating group) is 1. The fourth-order valence-electron chi connectivity index (χ4n) is 2.55. The monoisotopic (exact) mass is 257 g/mol. The minimum atomic E-state index is -0.288. The number of anilines is 1. The van der Waals surface area contributed by atoms with Gasteiger partial charge in [0.1, 0.15) is 5.58 Å². The van der Waals surface area contributed by atoms with E-state index in [0.29, 0.717) is 5.58 Å². The Morgan fingerprint density at radius 3 is 2.74 bits per heavy atom. The lowest BCUT2D eigenvalue weighted by Crippen LogP contribution is -2.44. The lowest BCUT2D eigenvalue weighted by molar-refractivity contribution is 0.313. The lowest BCUT2D eigenvalue weighted by Gasteiger charge is -2.34. The van der Waals surface area contributed by atoms with Crippen LogP contribution >= 0.6 is 0 Å². The maximum absolute atomic E-state index is 11.7. The molecule has 1 aromatic carbocycles. The minimum Gasteiger partial charge on any atom is -0.422 e. The van der Waals surface area contributed by atoms with Crippen molar-refractivity contribution >= 4 is 16.7 Å². The summed E-state index contributed by atoms with van der Waals surface area (Å²) in [6.45, 7) is 5.82. The Balaban J connectivity index is 2.13. The van der Waals surface area contributed by atoms with Crippen LogP contribution in [0.2, 0.25) is 0 Å². The first kappa shape index (κ1) is 12.2. The Labute approximate surface area is 112 Å². The highest BCUT2D eigenvalue weighted by atomic mass is 16.4. The summed E-state index contributed by atoms with van der Waals surface area (Å²) in [5, 5.41) is 1.00. The van der Waals surface area contributed by atoms with Gasteiger partial charge in [-0.1, -0.05) is 6.07 Å². The first-order valence-corrected chi connectivity index (χ1v) is 6.54. The summed E-state index contributed by atoms with van der Waals surface area (Å²) in [6.07, 6.45) is 0. The number of hydrogen-bond acceptors (Lipinski definition) is 4. The van der Waals surface area contributed by atoms with Gasteiger partial charge in [-0.05, 0) is 26.1 Å². The number of hydrogen-bond donors (Lipinski definition) is 0. The van der Waals surface area contributed by atoms with E-state index in [0.717, 1.165) is 42.8 Å². The van der Waals surface area contributed by atoms with Crippen molar-refractivity contribution in [3.05, 3.63) is 40.2 Å². The molecule has 2 heterocycles. The van der Waals surface area contributed by atoms with E-state index in [2.05, 4.69) is 22.9 Å². The molecule has 2 aromatic rings. The van der Waals surface area contributed by atoms with Crippen LogP contribution in [-0.2, 0) is 0 Å². The molecule has 0 bridgehead atoms. The molecule has 0 aliphatic carbocycles. The van der Waals surface area contributed by atoms with Crippen molar-refractivity contribution in [3.8, 4) is 0 Å². The molecular formula is C15H17N2O2. The zero-order valence-electron chi connectivity index (χ0n) is 11.3. The van der Waals surface area contributed by atoms with Gasteiger partial charge in [-0.25, -0.2) is 4.79 Å². The molecule has 0 saturated carbocycles. The van der Waals surface area contributed by atoms with E-state index in [1.165, 1.54) is 0 Å². The molecule has 99 valence electrons. The molecule has 1 radical (unpaired) electrons. The molecule has 3 rings (SSSR count). The van der Waals surface area contributed by atoms with Gasteiger partial charge in [-0.2, -0.15) is 0 Å². The van der Waals surface area contributed by atoms with Gasteiger partial charge in [0.15, 0.2) is 0 Å². The summed E-state index contributed by atoms with van der Waals surface area (Å²) in [6, 6.07) is 8.54. The quantitative estimate of drug-likeness (QED) is 0.728. The van der Waals surface area contributed by atoms with Crippen molar-refractivity contribution in [2.75, 3.05) is 38.1 Å². The molecule has 1 aliphatic heterocycles. The average Bonchev–Trinajstić information content (AvgIpc) is 2.40. The first-order valence-electron chi connectivity index (χ1n) is 6.54. The van der Waals surface area contributed by atoms with Crippen molar-refractivity contribution < 1.29 is 4.42 Å². The molecule has 1 fully saturated rings. The maximum Gasteiger partial charge on any atom is 0.338 e. The second kappa shape index (κ2) is 4.70. The van der Waals surface area contributed by atoms with Crippen molar-refractivity contribution in [1.29, 1.82) is 0 Å². The molecule has 1 saturated heterocycles. The van der Waals surface area contributed by atoms with Gasteiger partial charge in [0.2, 0.25) is 0 Å². The zero-order valence-corrected chi connectivity index (χ0v) is 11.3. The normalized spacial score (nSPS) is 17.1. The zero-order chi connectivity index (χ0) is 13.4. The smallest absolute Gasteiger partial charge is 0.338 e. The Morgan fingerprint density at radius 1 is 1.26 bits per heavy atom. The second-order valence-corrected chi connectivity index (χ2v) is 5.09. The van der Waals surface area contributed by atoms with Gasteiger partial charge in [0, 0.05) is 43.2 Å². The third-order valence-corrected chi connectivity index (χ3v) is 3.71. The van der Waals surface area contributed by atoms with E-state index in [1.807, 2.05) is 19.1 Å². The summed E-state index contributed by atoms with van der Waals surface area (Å²) in [5.74, 6) is 0. The number of nitrogens with zero attached hydrogens (tertiary/aromatic N) is 2. The highest BCUT2D eigenvalue weighted by Crippen LogP contribution is 2.27. The van der Waals surface area contributed by atoms with Crippen LogP contribution < -0.4 is 10.5 Å². The maximum atomic E-state index is 11.7. The van der Waals surface area contributed by atoms with E-state index in [4.69, 9.17) is 4.42 Å². The Kier molecular flexibility index (Phi) is 3.03. The van der Waals surface area contributed by atoms with Crippen molar-refractivity contribution in [3.63, 3.8) is 0 Å². The predicted molar refractivity (Wildman–Crippen MR) is 75.8 cm³/mol. The number of aryl methyl sites for hydroxylation is 1. The predicted octanol–water partition coefficient (Wildman–Crippen LogP) is 1.65. The largest absolute Gasteiger partial charge is 0.422 e. The van der Waals surface area contributed by atoms with Crippen molar-refractivity contribution in [2.45, 2.75) is 6.92 Å². The molecule has 1 aliphatic rings. The van der Waals surface area contributed by atoms with Gasteiger partial charge in [-0.3, -0.25) is 0 Å². The highest BCUT2D eigenvalue weighted by Gasteiger charge is 2.18. The number of fused-ring (bicyclic) bond motifs is 1. The van der Waals surface area contributed by atoms with Crippen LogP contribution in [0.4, 0.5) is 5.69 Å². The molecular weight excluding hydrogens is 240 g/mol. The summed E-state index contributed by atoms with van der Waals surface area (Å²) in [4.78, 5) is 16.3. The van der Waals surface area contributed by atoms with Gasteiger partial charge >= 0.3 is 5.63 Å². The van der Waals surface area contributed by atoms with E-state index < -0.39 is 0 Å². The SMILES string of the molecule is Cc1[c]ccc2c(N3CCN(C)CC3)cc(=O)oc12. The van der Waals surface area contributed by atoms with Gasteiger partial charge in [-0.15, -0.1) is 0 Å². The molecule has 0 atom stereocenters.